The van der Waals surface area contributed by atoms with Gasteiger partial charge in [-0.2, -0.15) is 0 Å². The summed E-state index contributed by atoms with van der Waals surface area (Å²) in [6.45, 7) is 0. The third-order valence-corrected chi connectivity index (χ3v) is 2.80. The second-order valence-corrected chi connectivity index (χ2v) is 4.24. The Balaban J connectivity index is 1.95. The molecule has 0 spiro atoms. The number of nitrogens with zero attached hydrogens (tertiary/aromatic N) is 1. The average Bonchev–Trinajstić information content (AvgIpc) is 2.79. The lowest BCUT2D eigenvalue weighted by Crippen LogP contribution is -2.33. The molecule has 0 aromatic heterocycles. The van der Waals surface area contributed by atoms with Gasteiger partial charge < -0.3 is 10.2 Å². The number of hydrogen-bond donors (Lipinski definition) is 2. The van der Waals surface area contributed by atoms with Gasteiger partial charge in [0.1, 0.15) is 0 Å². The van der Waals surface area contributed by atoms with Crippen LogP contribution >= 0.6 is 0 Å². The number of carbonyl (C=O) groups is 4. The van der Waals surface area contributed by atoms with E-state index in [9.17, 15) is 19.2 Å². The highest BCUT2D eigenvalue weighted by atomic mass is 16.7. The van der Waals surface area contributed by atoms with Crippen molar-refractivity contribution < 1.29 is 24.0 Å². The van der Waals surface area contributed by atoms with Gasteiger partial charge in [-0.1, -0.05) is 0 Å². The molecule has 0 bridgehead atoms. The Hall–Kier alpha value is -2.90. The van der Waals surface area contributed by atoms with Crippen molar-refractivity contribution in [1.82, 2.24) is 10.4 Å². The smallest absolute Gasteiger partial charge is 0.355 e. The second-order valence-electron chi connectivity index (χ2n) is 4.24. The number of rotatable bonds is 3. The van der Waals surface area contributed by atoms with E-state index in [1.54, 1.807) is 0 Å². The molecule has 0 aliphatic carbocycles. The summed E-state index contributed by atoms with van der Waals surface area (Å²) >= 11 is 0. The van der Waals surface area contributed by atoms with E-state index in [2.05, 4.69) is 15.5 Å². The van der Waals surface area contributed by atoms with Gasteiger partial charge >= 0.3 is 6.09 Å². The standard InChI is InChI=1S/C13H13N3O5/c1-14-12(19)8-2-4-9(5-3-8)15-13(20)21-16-10(17)6-7-11(16)18/h2-5H,6-7H2,1H3,(H,14,19)(H,15,20). The maximum atomic E-state index is 11.6. The van der Waals surface area contributed by atoms with E-state index in [4.69, 9.17) is 0 Å². The lowest BCUT2D eigenvalue weighted by Gasteiger charge is -2.13. The molecule has 1 fully saturated rings. The summed E-state index contributed by atoms with van der Waals surface area (Å²) < 4.78 is 0. The highest BCUT2D eigenvalue weighted by molar-refractivity contribution is 6.02. The van der Waals surface area contributed by atoms with Crippen LogP contribution in [0.1, 0.15) is 23.2 Å². The fraction of sp³-hybridized carbons (Fsp3) is 0.231. The summed E-state index contributed by atoms with van der Waals surface area (Å²) in [6, 6.07) is 6.03. The number of benzene rings is 1. The minimum absolute atomic E-state index is 0.0347. The molecule has 1 saturated heterocycles. The monoisotopic (exact) mass is 291 g/mol. The quantitative estimate of drug-likeness (QED) is 0.796. The van der Waals surface area contributed by atoms with Crippen LogP contribution in [0.3, 0.4) is 0 Å². The zero-order valence-electron chi connectivity index (χ0n) is 11.2. The molecule has 110 valence electrons. The van der Waals surface area contributed by atoms with Crippen LogP contribution in [-0.4, -0.2) is 35.9 Å². The van der Waals surface area contributed by atoms with Gasteiger partial charge in [0.25, 0.3) is 17.7 Å². The highest BCUT2D eigenvalue weighted by Gasteiger charge is 2.32. The van der Waals surface area contributed by atoms with E-state index in [-0.39, 0.29) is 18.7 Å². The maximum Gasteiger partial charge on any atom is 0.436 e. The Morgan fingerprint density at radius 3 is 2.19 bits per heavy atom. The average molecular weight is 291 g/mol. The Labute approximate surface area is 120 Å². The molecule has 21 heavy (non-hydrogen) atoms. The van der Waals surface area contributed by atoms with Gasteiger partial charge in [0.2, 0.25) is 0 Å². The van der Waals surface area contributed by atoms with Crippen molar-refractivity contribution in [1.29, 1.82) is 0 Å². The molecule has 2 N–H and O–H groups in total. The van der Waals surface area contributed by atoms with Gasteiger partial charge in [-0.3, -0.25) is 19.7 Å². The number of imide groups is 1. The van der Waals surface area contributed by atoms with Crippen LogP contribution < -0.4 is 10.6 Å². The van der Waals surface area contributed by atoms with Crippen molar-refractivity contribution in [2.45, 2.75) is 12.8 Å². The normalized spacial score (nSPS) is 14.0. The van der Waals surface area contributed by atoms with Gasteiger partial charge in [0.15, 0.2) is 0 Å². The first kappa shape index (κ1) is 14.5. The fourth-order valence-electron chi connectivity index (χ4n) is 1.73. The van der Waals surface area contributed by atoms with E-state index in [1.165, 1.54) is 31.3 Å². The first-order valence-corrected chi connectivity index (χ1v) is 6.18. The summed E-state index contributed by atoms with van der Waals surface area (Å²) in [4.78, 5) is 50.1. The molecular formula is C13H13N3O5. The van der Waals surface area contributed by atoms with Crippen LogP contribution in [0.15, 0.2) is 24.3 Å². The summed E-state index contributed by atoms with van der Waals surface area (Å²) in [7, 11) is 1.51. The zero-order chi connectivity index (χ0) is 15.4. The minimum atomic E-state index is -0.953. The number of carbonyl (C=O) groups excluding carboxylic acids is 4. The highest BCUT2D eigenvalue weighted by Crippen LogP contribution is 2.14. The molecule has 0 unspecified atom stereocenters. The van der Waals surface area contributed by atoms with Crippen molar-refractivity contribution in [3.63, 3.8) is 0 Å². The Morgan fingerprint density at radius 2 is 1.67 bits per heavy atom. The van der Waals surface area contributed by atoms with E-state index in [0.29, 0.717) is 16.3 Å². The summed E-state index contributed by atoms with van der Waals surface area (Å²) in [5, 5.41) is 5.27. The number of anilines is 1. The topological polar surface area (TPSA) is 105 Å². The van der Waals surface area contributed by atoms with E-state index >= 15 is 0 Å². The first-order valence-electron chi connectivity index (χ1n) is 6.18. The predicted octanol–water partition coefficient (Wildman–Crippen LogP) is 0.659. The Bertz CT molecular complexity index is 580. The Kier molecular flexibility index (Phi) is 4.17. The van der Waals surface area contributed by atoms with Crippen LogP contribution in [0.2, 0.25) is 0 Å². The fourth-order valence-corrected chi connectivity index (χ4v) is 1.73. The molecule has 4 amide bonds. The molecule has 2 rings (SSSR count). The van der Waals surface area contributed by atoms with Gasteiger partial charge in [-0.15, -0.1) is 5.06 Å². The molecule has 8 nitrogen and oxygen atoms in total. The van der Waals surface area contributed by atoms with E-state index in [0.717, 1.165) is 0 Å². The van der Waals surface area contributed by atoms with Crippen LogP contribution in [0, 0.1) is 0 Å². The maximum absolute atomic E-state index is 11.6. The van der Waals surface area contributed by atoms with E-state index < -0.39 is 17.9 Å². The lowest BCUT2D eigenvalue weighted by atomic mass is 10.2. The zero-order valence-corrected chi connectivity index (χ0v) is 11.2. The predicted molar refractivity (Wildman–Crippen MR) is 71.0 cm³/mol. The number of hydrogen-bond acceptors (Lipinski definition) is 5. The van der Waals surface area contributed by atoms with E-state index in [1.807, 2.05) is 0 Å². The van der Waals surface area contributed by atoms with Crippen LogP contribution in [0.5, 0.6) is 0 Å². The molecule has 8 heteroatoms. The lowest BCUT2D eigenvalue weighted by molar-refractivity contribution is -0.170. The first-order chi connectivity index (χ1) is 10.0. The number of hydroxylamine groups is 2. The minimum Gasteiger partial charge on any atom is -0.355 e. The third kappa shape index (κ3) is 3.35. The van der Waals surface area contributed by atoms with Crippen molar-refractivity contribution >= 4 is 29.5 Å². The van der Waals surface area contributed by atoms with Crippen molar-refractivity contribution in [3.8, 4) is 0 Å². The van der Waals surface area contributed by atoms with Gasteiger partial charge in [0, 0.05) is 31.1 Å². The molecule has 1 aliphatic heterocycles. The molecule has 0 saturated carbocycles. The largest absolute Gasteiger partial charge is 0.436 e. The Morgan fingerprint density at radius 1 is 1.10 bits per heavy atom. The molecule has 1 heterocycles. The van der Waals surface area contributed by atoms with Crippen LogP contribution in [-0.2, 0) is 14.4 Å². The van der Waals surface area contributed by atoms with Gasteiger partial charge in [0.05, 0.1) is 0 Å². The summed E-state index contributed by atoms with van der Waals surface area (Å²) in [6.07, 6.45) is -0.883. The van der Waals surface area contributed by atoms with Crippen LogP contribution in [0.4, 0.5) is 10.5 Å². The van der Waals surface area contributed by atoms with Crippen molar-refractivity contribution in [2.75, 3.05) is 12.4 Å². The number of nitrogens with one attached hydrogen (secondary N) is 2. The molecular weight excluding hydrogens is 278 g/mol. The third-order valence-electron chi connectivity index (χ3n) is 2.80. The number of amides is 4. The van der Waals surface area contributed by atoms with Crippen molar-refractivity contribution in [2.24, 2.45) is 0 Å². The molecule has 1 aromatic rings. The van der Waals surface area contributed by atoms with Gasteiger partial charge in [-0.05, 0) is 24.3 Å². The van der Waals surface area contributed by atoms with Crippen molar-refractivity contribution in [3.05, 3.63) is 29.8 Å². The van der Waals surface area contributed by atoms with Gasteiger partial charge in [-0.25, -0.2) is 4.79 Å². The summed E-state index contributed by atoms with van der Waals surface area (Å²) in [5.74, 6) is -1.35. The van der Waals surface area contributed by atoms with Crippen LogP contribution in [0.25, 0.3) is 0 Å². The molecule has 1 aromatic carbocycles. The molecule has 1 aliphatic rings. The summed E-state index contributed by atoms with van der Waals surface area (Å²) in [5.41, 5.74) is 0.799. The SMILES string of the molecule is CNC(=O)c1ccc(NC(=O)ON2C(=O)CCC2=O)cc1. The molecule has 0 atom stereocenters. The second kappa shape index (κ2) is 6.04. The molecule has 0 radical (unpaired) electrons.